The minimum atomic E-state index is -0.954. The third kappa shape index (κ3) is 3.12. The molecule has 0 saturated heterocycles. The van der Waals surface area contributed by atoms with Gasteiger partial charge >= 0.3 is 0 Å². The van der Waals surface area contributed by atoms with Crippen molar-refractivity contribution in [3.8, 4) is 5.75 Å². The molecule has 0 heterocycles. The number of ether oxygens (including phenoxy) is 1. The summed E-state index contributed by atoms with van der Waals surface area (Å²) >= 11 is 1.51. The Kier molecular flexibility index (Phi) is 5.09. The van der Waals surface area contributed by atoms with Crippen LogP contribution in [-0.4, -0.2) is 23.8 Å². The van der Waals surface area contributed by atoms with Crippen molar-refractivity contribution in [1.29, 1.82) is 0 Å². The van der Waals surface area contributed by atoms with Gasteiger partial charge in [0.05, 0.1) is 22.1 Å². The predicted octanol–water partition coefficient (Wildman–Crippen LogP) is 3.04. The first-order chi connectivity index (χ1) is 7.60. The van der Waals surface area contributed by atoms with E-state index in [0.29, 0.717) is 0 Å². The van der Waals surface area contributed by atoms with Crippen LogP contribution < -0.4 is 4.74 Å². The predicted molar refractivity (Wildman–Crippen MR) is 73.3 cm³/mol. The lowest BCUT2D eigenvalue weighted by atomic mass is 10.1. The molecule has 0 fully saturated rings. The number of rotatable bonds is 4. The van der Waals surface area contributed by atoms with Gasteiger partial charge in [-0.3, -0.25) is 4.21 Å². The van der Waals surface area contributed by atoms with Crippen LogP contribution in [0.4, 0.5) is 0 Å². The Morgan fingerprint density at radius 2 is 2.19 bits per heavy atom. The van der Waals surface area contributed by atoms with E-state index in [1.165, 1.54) is 11.8 Å². The quantitative estimate of drug-likeness (QED) is 0.828. The molecule has 1 unspecified atom stereocenters. The standard InChI is InChI=1S/C12H16O2S2/c1-9-6-5-7-11(14-2)10(9)8-12(15-3)16(4)13/h5-8H,1-4H3/b12-8+. The zero-order valence-electron chi connectivity index (χ0n) is 9.94. The number of methoxy groups -OCH3 is 1. The lowest BCUT2D eigenvalue weighted by molar-refractivity contribution is 0.413. The first-order valence-electron chi connectivity index (χ1n) is 4.83. The van der Waals surface area contributed by atoms with E-state index >= 15 is 0 Å². The van der Waals surface area contributed by atoms with Gasteiger partial charge in [0.2, 0.25) is 0 Å². The van der Waals surface area contributed by atoms with Crippen LogP contribution in [0.15, 0.2) is 22.4 Å². The average molecular weight is 256 g/mol. The summed E-state index contributed by atoms with van der Waals surface area (Å²) in [5.74, 6) is 0.817. The molecule has 0 bridgehead atoms. The molecule has 0 N–H and O–H groups in total. The Balaban J connectivity index is 3.26. The van der Waals surface area contributed by atoms with E-state index in [1.807, 2.05) is 37.5 Å². The van der Waals surface area contributed by atoms with Crippen LogP contribution in [-0.2, 0) is 10.8 Å². The Morgan fingerprint density at radius 1 is 1.50 bits per heavy atom. The van der Waals surface area contributed by atoms with Gasteiger partial charge in [0, 0.05) is 11.8 Å². The SMILES string of the molecule is COc1cccc(C)c1/C=C(\SC)S(C)=O. The van der Waals surface area contributed by atoms with Gasteiger partial charge < -0.3 is 4.74 Å². The summed E-state index contributed by atoms with van der Waals surface area (Å²) in [7, 11) is 0.693. The summed E-state index contributed by atoms with van der Waals surface area (Å²) in [6, 6.07) is 5.88. The fourth-order valence-electron chi connectivity index (χ4n) is 1.39. The highest BCUT2D eigenvalue weighted by Gasteiger charge is 2.07. The molecule has 0 amide bonds. The van der Waals surface area contributed by atoms with Crippen LogP contribution in [0.1, 0.15) is 11.1 Å². The maximum atomic E-state index is 11.5. The van der Waals surface area contributed by atoms with Crippen molar-refractivity contribution in [3.05, 3.63) is 33.6 Å². The molecule has 0 aromatic heterocycles. The molecule has 0 spiro atoms. The number of aryl methyl sites for hydroxylation is 1. The van der Waals surface area contributed by atoms with Gasteiger partial charge in [-0.05, 0) is 30.9 Å². The Bertz CT molecular complexity index is 425. The van der Waals surface area contributed by atoms with E-state index in [1.54, 1.807) is 13.4 Å². The van der Waals surface area contributed by atoms with E-state index in [-0.39, 0.29) is 0 Å². The zero-order chi connectivity index (χ0) is 12.1. The van der Waals surface area contributed by atoms with Gasteiger partial charge in [0.1, 0.15) is 5.75 Å². The summed E-state index contributed by atoms with van der Waals surface area (Å²) in [6.45, 7) is 2.02. The largest absolute Gasteiger partial charge is 0.496 e. The topological polar surface area (TPSA) is 26.3 Å². The Labute approximate surface area is 104 Å². The molecule has 0 radical (unpaired) electrons. The van der Waals surface area contributed by atoms with Gasteiger partial charge in [-0.25, -0.2) is 0 Å². The zero-order valence-corrected chi connectivity index (χ0v) is 11.6. The monoisotopic (exact) mass is 256 g/mol. The maximum Gasteiger partial charge on any atom is 0.126 e. The molecule has 1 atom stereocenters. The molecule has 4 heteroatoms. The van der Waals surface area contributed by atoms with Gasteiger partial charge in [0.15, 0.2) is 0 Å². The Hall–Kier alpha value is -0.740. The highest BCUT2D eigenvalue weighted by atomic mass is 32.2. The van der Waals surface area contributed by atoms with Crippen LogP contribution in [0.2, 0.25) is 0 Å². The molecule has 1 rings (SSSR count). The first-order valence-corrected chi connectivity index (χ1v) is 7.61. The fraction of sp³-hybridized carbons (Fsp3) is 0.333. The first kappa shape index (κ1) is 13.3. The molecular formula is C12H16O2S2. The minimum absolute atomic E-state index is 0.817. The summed E-state index contributed by atoms with van der Waals surface area (Å²) in [6.07, 6.45) is 5.56. The van der Waals surface area contributed by atoms with Gasteiger partial charge in [0.25, 0.3) is 0 Å². The van der Waals surface area contributed by atoms with Crippen LogP contribution in [0.3, 0.4) is 0 Å². The van der Waals surface area contributed by atoms with Crippen molar-refractivity contribution in [2.45, 2.75) is 6.92 Å². The number of benzene rings is 1. The number of hydrogen-bond donors (Lipinski definition) is 0. The second-order valence-corrected chi connectivity index (χ2v) is 5.77. The lowest BCUT2D eigenvalue weighted by Crippen LogP contribution is -1.92. The van der Waals surface area contributed by atoms with Crippen molar-refractivity contribution in [2.24, 2.45) is 0 Å². The van der Waals surface area contributed by atoms with Crippen molar-refractivity contribution >= 4 is 28.6 Å². The molecule has 88 valence electrons. The van der Waals surface area contributed by atoms with Gasteiger partial charge in [-0.15, -0.1) is 11.8 Å². The van der Waals surface area contributed by atoms with Crippen molar-refractivity contribution in [1.82, 2.24) is 0 Å². The average Bonchev–Trinajstić information content (AvgIpc) is 2.26. The lowest BCUT2D eigenvalue weighted by Gasteiger charge is -2.09. The molecule has 0 aliphatic rings. The third-order valence-electron chi connectivity index (χ3n) is 2.25. The minimum Gasteiger partial charge on any atom is -0.496 e. The second-order valence-electron chi connectivity index (χ2n) is 3.31. The third-order valence-corrected chi connectivity index (χ3v) is 4.66. The summed E-state index contributed by atoms with van der Waals surface area (Å²) in [5, 5.41) is 0. The molecule has 1 aromatic rings. The summed E-state index contributed by atoms with van der Waals surface area (Å²) < 4.78 is 17.6. The van der Waals surface area contributed by atoms with Gasteiger partial charge in [-0.2, -0.15) is 0 Å². The molecule has 0 aliphatic heterocycles. The summed E-state index contributed by atoms with van der Waals surface area (Å²) in [5.41, 5.74) is 2.13. The highest BCUT2D eigenvalue weighted by Crippen LogP contribution is 2.27. The van der Waals surface area contributed by atoms with Crippen molar-refractivity contribution in [2.75, 3.05) is 19.6 Å². The molecule has 1 aromatic carbocycles. The highest BCUT2D eigenvalue weighted by molar-refractivity contribution is 8.16. The smallest absolute Gasteiger partial charge is 0.126 e. The molecule has 16 heavy (non-hydrogen) atoms. The van der Waals surface area contributed by atoms with E-state index < -0.39 is 10.8 Å². The van der Waals surface area contributed by atoms with E-state index in [2.05, 4.69) is 0 Å². The van der Waals surface area contributed by atoms with E-state index in [9.17, 15) is 4.21 Å². The molecule has 0 saturated carbocycles. The van der Waals surface area contributed by atoms with Crippen LogP contribution in [0, 0.1) is 6.92 Å². The second kappa shape index (κ2) is 6.11. The normalized spacial score (nSPS) is 13.6. The summed E-state index contributed by atoms with van der Waals surface area (Å²) in [4.78, 5) is 0. The fourth-order valence-corrected chi connectivity index (χ4v) is 2.85. The number of hydrogen-bond acceptors (Lipinski definition) is 3. The molecule has 2 nitrogen and oxygen atoms in total. The Morgan fingerprint density at radius 3 is 2.69 bits per heavy atom. The molecule has 0 aliphatic carbocycles. The molecular weight excluding hydrogens is 240 g/mol. The number of thioether (sulfide) groups is 1. The van der Waals surface area contributed by atoms with Gasteiger partial charge in [-0.1, -0.05) is 12.1 Å². The van der Waals surface area contributed by atoms with E-state index in [0.717, 1.165) is 21.1 Å². The maximum absolute atomic E-state index is 11.5. The van der Waals surface area contributed by atoms with Crippen LogP contribution >= 0.6 is 11.8 Å². The van der Waals surface area contributed by atoms with Crippen LogP contribution in [0.5, 0.6) is 5.75 Å². The van der Waals surface area contributed by atoms with E-state index in [4.69, 9.17) is 4.74 Å². The van der Waals surface area contributed by atoms with Crippen molar-refractivity contribution < 1.29 is 8.95 Å². The van der Waals surface area contributed by atoms with Crippen LogP contribution in [0.25, 0.3) is 6.08 Å². The van der Waals surface area contributed by atoms with Crippen molar-refractivity contribution in [3.63, 3.8) is 0 Å².